The molecule has 0 saturated heterocycles. The van der Waals surface area contributed by atoms with Crippen molar-refractivity contribution in [1.29, 1.82) is 0 Å². The molecule has 0 fully saturated rings. The van der Waals surface area contributed by atoms with E-state index in [0.29, 0.717) is 0 Å². The molecule has 0 saturated carbocycles. The second kappa shape index (κ2) is 7.52. The summed E-state index contributed by atoms with van der Waals surface area (Å²) in [6.45, 7) is -0.892. The Kier molecular flexibility index (Phi) is 5.63. The van der Waals surface area contributed by atoms with E-state index in [1.54, 1.807) is 0 Å². The molecule has 4 nitrogen and oxygen atoms in total. The third-order valence-corrected chi connectivity index (χ3v) is 3.22. The molecule has 0 unspecified atom stereocenters. The van der Waals surface area contributed by atoms with Crippen molar-refractivity contribution in [1.82, 2.24) is 0 Å². The van der Waals surface area contributed by atoms with Crippen LogP contribution in [0.3, 0.4) is 0 Å². The maximum absolute atomic E-state index is 13.5. The smallest absolute Gasteiger partial charge is 0.417 e. The standard InChI is InChI=1S/C16H10ClF4NO3/c17-9-5-6-12(18)13(7-9)22-14(23)8-25-15(24)10-3-1-2-4-11(10)16(19,20)21/h1-7H,8H2,(H,22,23). The van der Waals surface area contributed by atoms with Gasteiger partial charge in [-0.15, -0.1) is 0 Å². The largest absolute Gasteiger partial charge is 0.452 e. The van der Waals surface area contributed by atoms with Gasteiger partial charge < -0.3 is 10.1 Å². The molecular formula is C16H10ClF4NO3. The minimum atomic E-state index is -4.75. The average Bonchev–Trinajstić information content (AvgIpc) is 2.55. The Morgan fingerprint density at radius 2 is 1.80 bits per heavy atom. The van der Waals surface area contributed by atoms with Crippen molar-refractivity contribution in [2.45, 2.75) is 6.18 Å². The van der Waals surface area contributed by atoms with E-state index in [-0.39, 0.29) is 10.7 Å². The highest BCUT2D eigenvalue weighted by molar-refractivity contribution is 6.30. The van der Waals surface area contributed by atoms with E-state index in [1.165, 1.54) is 12.1 Å². The summed E-state index contributed by atoms with van der Waals surface area (Å²) in [5, 5.41) is 2.26. The predicted molar refractivity (Wildman–Crippen MR) is 81.8 cm³/mol. The highest BCUT2D eigenvalue weighted by Crippen LogP contribution is 2.32. The van der Waals surface area contributed by atoms with E-state index in [0.717, 1.165) is 30.3 Å². The van der Waals surface area contributed by atoms with Gasteiger partial charge in [0.15, 0.2) is 6.61 Å². The molecule has 0 aliphatic heterocycles. The van der Waals surface area contributed by atoms with Crippen molar-refractivity contribution in [3.05, 3.63) is 64.4 Å². The lowest BCUT2D eigenvalue weighted by atomic mass is 10.1. The van der Waals surface area contributed by atoms with Gasteiger partial charge in [-0.25, -0.2) is 9.18 Å². The Hall–Kier alpha value is -2.61. The van der Waals surface area contributed by atoms with E-state index >= 15 is 0 Å². The van der Waals surface area contributed by atoms with Gasteiger partial charge in [0, 0.05) is 5.02 Å². The first-order chi connectivity index (χ1) is 11.7. The van der Waals surface area contributed by atoms with Crippen molar-refractivity contribution in [3.63, 3.8) is 0 Å². The molecule has 0 spiro atoms. The number of ether oxygens (including phenoxy) is 1. The third-order valence-electron chi connectivity index (χ3n) is 2.99. The highest BCUT2D eigenvalue weighted by Gasteiger charge is 2.35. The number of esters is 1. The number of hydrogen-bond donors (Lipinski definition) is 1. The molecule has 9 heteroatoms. The molecule has 132 valence electrons. The number of anilines is 1. The van der Waals surface area contributed by atoms with Gasteiger partial charge >= 0.3 is 12.1 Å². The number of carbonyl (C=O) groups is 2. The van der Waals surface area contributed by atoms with Gasteiger partial charge in [-0.05, 0) is 30.3 Å². The van der Waals surface area contributed by atoms with Crippen LogP contribution in [0.25, 0.3) is 0 Å². The van der Waals surface area contributed by atoms with Gasteiger partial charge in [-0.2, -0.15) is 13.2 Å². The summed E-state index contributed by atoms with van der Waals surface area (Å²) >= 11 is 5.66. The Labute approximate surface area is 144 Å². The normalized spacial score (nSPS) is 11.1. The van der Waals surface area contributed by atoms with Gasteiger partial charge in [-0.1, -0.05) is 23.7 Å². The minimum Gasteiger partial charge on any atom is -0.452 e. The van der Waals surface area contributed by atoms with Gasteiger partial charge in [0.25, 0.3) is 5.91 Å². The molecule has 0 aliphatic rings. The van der Waals surface area contributed by atoms with Crippen LogP contribution in [-0.4, -0.2) is 18.5 Å². The zero-order valence-electron chi connectivity index (χ0n) is 12.4. The summed E-state index contributed by atoms with van der Waals surface area (Å²) in [6.07, 6.45) is -4.75. The third kappa shape index (κ3) is 4.93. The van der Waals surface area contributed by atoms with Crippen LogP contribution in [0.4, 0.5) is 23.2 Å². The SMILES string of the molecule is O=C(COC(=O)c1ccccc1C(F)(F)F)Nc1cc(Cl)ccc1F. The maximum Gasteiger partial charge on any atom is 0.417 e. The summed E-state index contributed by atoms with van der Waals surface area (Å²) in [5.74, 6) is -3.03. The molecule has 0 aromatic heterocycles. The Morgan fingerprint density at radius 1 is 1.12 bits per heavy atom. The number of carbonyl (C=O) groups excluding carboxylic acids is 2. The summed E-state index contributed by atoms with van der Waals surface area (Å²) in [5.41, 5.74) is -2.15. The zero-order chi connectivity index (χ0) is 18.6. The molecule has 0 bridgehead atoms. The van der Waals surface area contributed by atoms with Crippen LogP contribution in [0.2, 0.25) is 5.02 Å². The molecule has 0 radical (unpaired) electrons. The number of amides is 1. The molecule has 2 rings (SSSR count). The summed E-state index contributed by atoms with van der Waals surface area (Å²) in [4.78, 5) is 23.5. The van der Waals surface area contributed by atoms with Gasteiger partial charge in [0.1, 0.15) is 5.82 Å². The molecule has 0 aliphatic carbocycles. The lowest BCUT2D eigenvalue weighted by Crippen LogP contribution is -2.23. The molecule has 1 N–H and O–H groups in total. The van der Waals surface area contributed by atoms with Crippen molar-refractivity contribution in [2.75, 3.05) is 11.9 Å². The maximum atomic E-state index is 13.5. The first-order valence-corrected chi connectivity index (χ1v) is 7.14. The van der Waals surface area contributed by atoms with Crippen LogP contribution < -0.4 is 5.32 Å². The average molecular weight is 376 g/mol. The Balaban J connectivity index is 2.03. The first-order valence-electron chi connectivity index (χ1n) is 6.76. The zero-order valence-corrected chi connectivity index (χ0v) is 13.1. The van der Waals surface area contributed by atoms with Gasteiger partial charge in [-0.3, -0.25) is 4.79 Å². The second-order valence-electron chi connectivity index (χ2n) is 4.79. The fourth-order valence-electron chi connectivity index (χ4n) is 1.90. The van der Waals surface area contributed by atoms with Crippen LogP contribution in [0.1, 0.15) is 15.9 Å². The fourth-order valence-corrected chi connectivity index (χ4v) is 2.07. The number of benzene rings is 2. The lowest BCUT2D eigenvalue weighted by molar-refractivity contribution is -0.138. The first kappa shape index (κ1) is 18.7. The van der Waals surface area contributed by atoms with Crippen molar-refractivity contribution < 1.29 is 31.9 Å². The molecule has 2 aromatic rings. The minimum absolute atomic E-state index is 0.160. The fraction of sp³-hybridized carbons (Fsp3) is 0.125. The molecule has 0 atom stereocenters. The van der Waals surface area contributed by atoms with Crippen LogP contribution >= 0.6 is 11.6 Å². The van der Waals surface area contributed by atoms with Crippen LogP contribution in [0, 0.1) is 5.82 Å². The molecular weight excluding hydrogens is 366 g/mol. The molecule has 25 heavy (non-hydrogen) atoms. The number of alkyl halides is 3. The number of rotatable bonds is 4. The van der Waals surface area contributed by atoms with Crippen LogP contribution in [0.15, 0.2) is 42.5 Å². The van der Waals surface area contributed by atoms with E-state index in [4.69, 9.17) is 11.6 Å². The lowest BCUT2D eigenvalue weighted by Gasteiger charge is -2.12. The van der Waals surface area contributed by atoms with E-state index < -0.39 is 41.6 Å². The quantitative estimate of drug-likeness (QED) is 0.640. The number of halogens is 5. The van der Waals surface area contributed by atoms with Crippen molar-refractivity contribution >= 4 is 29.2 Å². The highest BCUT2D eigenvalue weighted by atomic mass is 35.5. The Bertz CT molecular complexity index is 808. The second-order valence-corrected chi connectivity index (χ2v) is 5.23. The molecule has 0 heterocycles. The van der Waals surface area contributed by atoms with Crippen molar-refractivity contribution in [2.24, 2.45) is 0 Å². The summed E-state index contributed by atoms with van der Waals surface area (Å²) < 4.78 is 56.5. The topological polar surface area (TPSA) is 55.4 Å². The number of nitrogens with one attached hydrogen (secondary N) is 1. The van der Waals surface area contributed by atoms with E-state index in [1.807, 2.05) is 0 Å². The van der Waals surface area contributed by atoms with E-state index in [9.17, 15) is 27.2 Å². The van der Waals surface area contributed by atoms with Gasteiger partial charge in [0.05, 0.1) is 16.8 Å². The Morgan fingerprint density at radius 3 is 2.48 bits per heavy atom. The monoisotopic (exact) mass is 375 g/mol. The van der Waals surface area contributed by atoms with E-state index in [2.05, 4.69) is 10.1 Å². The summed E-state index contributed by atoms with van der Waals surface area (Å²) in [6, 6.07) is 7.42. The predicted octanol–water partition coefficient (Wildman–Crippen LogP) is 4.29. The van der Waals surface area contributed by atoms with Gasteiger partial charge in [0.2, 0.25) is 0 Å². The number of hydrogen-bond acceptors (Lipinski definition) is 3. The van der Waals surface area contributed by atoms with Crippen LogP contribution in [-0.2, 0) is 15.7 Å². The molecule has 1 amide bonds. The summed E-state index contributed by atoms with van der Waals surface area (Å²) in [7, 11) is 0. The van der Waals surface area contributed by atoms with Crippen LogP contribution in [0.5, 0.6) is 0 Å². The molecule has 2 aromatic carbocycles. The van der Waals surface area contributed by atoms with Crippen molar-refractivity contribution in [3.8, 4) is 0 Å².